The number of carbonyl (C=O) groups is 1. The van der Waals surface area contributed by atoms with Gasteiger partial charge < -0.3 is 20.4 Å². The molecule has 0 aliphatic heterocycles. The monoisotopic (exact) mass is 338 g/mol. The van der Waals surface area contributed by atoms with E-state index in [9.17, 15) is 20.1 Å². The van der Waals surface area contributed by atoms with Gasteiger partial charge in [0.25, 0.3) is 0 Å². The second-order valence-corrected chi connectivity index (χ2v) is 7.57. The van der Waals surface area contributed by atoms with Crippen LogP contribution < -0.4 is 0 Å². The van der Waals surface area contributed by atoms with E-state index in [4.69, 9.17) is 5.11 Å². The van der Waals surface area contributed by atoms with Crippen molar-refractivity contribution in [2.75, 3.05) is 0 Å². The quantitative estimate of drug-likeness (QED) is 0.570. The van der Waals surface area contributed by atoms with E-state index < -0.39 is 18.2 Å². The van der Waals surface area contributed by atoms with Crippen molar-refractivity contribution in [3.05, 3.63) is 23.8 Å². The summed E-state index contributed by atoms with van der Waals surface area (Å²) in [6.45, 7) is 4.25. The summed E-state index contributed by atoms with van der Waals surface area (Å²) in [6.07, 6.45) is 6.20. The molecule has 2 aliphatic carbocycles. The molecule has 0 amide bonds. The summed E-state index contributed by atoms with van der Waals surface area (Å²) in [7, 11) is 0. The molecular formula is C19H30O5. The van der Waals surface area contributed by atoms with E-state index in [0.717, 1.165) is 12.8 Å². The molecule has 0 unspecified atom stereocenters. The number of rotatable bonds is 7. The van der Waals surface area contributed by atoms with Crippen LogP contribution in [0.1, 0.15) is 46.0 Å². The molecule has 0 spiro atoms. The number of carboxylic acid groups (broad SMARTS) is 1. The van der Waals surface area contributed by atoms with Crippen LogP contribution in [0.3, 0.4) is 0 Å². The molecular weight excluding hydrogens is 308 g/mol. The highest BCUT2D eigenvalue weighted by atomic mass is 16.4. The predicted molar refractivity (Wildman–Crippen MR) is 91.3 cm³/mol. The molecule has 2 rings (SSSR count). The number of hydrogen-bond acceptors (Lipinski definition) is 4. The van der Waals surface area contributed by atoms with Crippen molar-refractivity contribution in [3.63, 3.8) is 0 Å². The van der Waals surface area contributed by atoms with Gasteiger partial charge in [-0.05, 0) is 49.0 Å². The molecule has 0 aromatic carbocycles. The molecule has 7 atom stereocenters. The summed E-state index contributed by atoms with van der Waals surface area (Å²) >= 11 is 0. The highest BCUT2D eigenvalue weighted by Crippen LogP contribution is 2.43. The van der Waals surface area contributed by atoms with E-state index in [1.54, 1.807) is 0 Å². The molecule has 0 radical (unpaired) electrons. The predicted octanol–water partition coefficient (Wildman–Crippen LogP) is 2.12. The summed E-state index contributed by atoms with van der Waals surface area (Å²) in [5.41, 5.74) is 1.20. The van der Waals surface area contributed by atoms with Crippen LogP contribution in [0.15, 0.2) is 23.8 Å². The number of allylic oxidation sites excluding steroid dienone is 3. The maximum atomic E-state index is 10.6. The van der Waals surface area contributed by atoms with Crippen LogP contribution in [-0.2, 0) is 4.79 Å². The molecule has 0 bridgehead atoms. The third-order valence-electron chi connectivity index (χ3n) is 5.41. The Morgan fingerprint density at radius 3 is 2.67 bits per heavy atom. The van der Waals surface area contributed by atoms with Crippen molar-refractivity contribution in [1.82, 2.24) is 0 Å². The van der Waals surface area contributed by atoms with Gasteiger partial charge in [0.15, 0.2) is 0 Å². The zero-order valence-electron chi connectivity index (χ0n) is 14.5. The number of aliphatic hydroxyl groups is 3. The highest BCUT2D eigenvalue weighted by molar-refractivity contribution is 5.67. The first-order valence-corrected chi connectivity index (χ1v) is 8.93. The first kappa shape index (κ1) is 19.2. The van der Waals surface area contributed by atoms with Gasteiger partial charge in [0.2, 0.25) is 0 Å². The SMILES string of the molecule is C[C@H]1C=C2C=C[C@H](C)[C@H](CC[C@@H](O)C[C@@H](O)CC(=O)O)[C@H]2[C@@H](O)C1. The van der Waals surface area contributed by atoms with E-state index >= 15 is 0 Å². The molecule has 0 saturated carbocycles. The van der Waals surface area contributed by atoms with E-state index in [1.807, 2.05) is 0 Å². The molecule has 0 fully saturated rings. The van der Waals surface area contributed by atoms with Crippen LogP contribution in [0.25, 0.3) is 0 Å². The normalized spacial score (nSPS) is 35.0. The fourth-order valence-electron chi connectivity index (χ4n) is 4.23. The Kier molecular flexibility index (Phi) is 6.61. The Morgan fingerprint density at radius 2 is 2.00 bits per heavy atom. The van der Waals surface area contributed by atoms with E-state index in [0.29, 0.717) is 18.3 Å². The third kappa shape index (κ3) is 4.91. The average molecular weight is 338 g/mol. The van der Waals surface area contributed by atoms with Gasteiger partial charge in [-0.25, -0.2) is 0 Å². The minimum Gasteiger partial charge on any atom is -0.481 e. The van der Waals surface area contributed by atoms with Gasteiger partial charge in [-0.15, -0.1) is 0 Å². The molecule has 0 aromatic rings. The third-order valence-corrected chi connectivity index (χ3v) is 5.41. The first-order chi connectivity index (χ1) is 11.3. The zero-order valence-corrected chi connectivity index (χ0v) is 14.5. The lowest BCUT2D eigenvalue weighted by molar-refractivity contribution is -0.139. The average Bonchev–Trinajstić information content (AvgIpc) is 2.45. The lowest BCUT2D eigenvalue weighted by Gasteiger charge is -2.41. The van der Waals surface area contributed by atoms with Crippen molar-refractivity contribution in [1.29, 1.82) is 0 Å². The van der Waals surface area contributed by atoms with Crippen LogP contribution in [0.4, 0.5) is 0 Å². The summed E-state index contributed by atoms with van der Waals surface area (Å²) in [6, 6.07) is 0. The van der Waals surface area contributed by atoms with Crippen LogP contribution >= 0.6 is 0 Å². The number of carboxylic acids is 1. The topological polar surface area (TPSA) is 98.0 Å². The number of aliphatic carboxylic acids is 1. The largest absolute Gasteiger partial charge is 0.481 e. The second-order valence-electron chi connectivity index (χ2n) is 7.57. The minimum absolute atomic E-state index is 0.0796. The maximum absolute atomic E-state index is 10.6. The lowest BCUT2D eigenvalue weighted by atomic mass is 9.65. The molecule has 2 aliphatic rings. The highest BCUT2D eigenvalue weighted by Gasteiger charge is 2.38. The van der Waals surface area contributed by atoms with Crippen molar-refractivity contribution in [2.45, 2.75) is 64.3 Å². The summed E-state index contributed by atoms with van der Waals surface area (Å²) in [4.78, 5) is 10.6. The Morgan fingerprint density at radius 1 is 1.29 bits per heavy atom. The molecule has 5 heteroatoms. The Labute approximate surface area is 143 Å². The number of hydrogen-bond donors (Lipinski definition) is 4. The standard InChI is InChI=1S/C19H30O5/c1-11-7-13-4-3-12(2)16(19(13)17(22)8-11)6-5-14(20)9-15(21)10-18(23)24/h3-4,7,11-12,14-17,19-22H,5-6,8-10H2,1-2H3,(H,23,24)/t11-,12-,14+,15+,16-,17-,19-/m0/s1. The van der Waals surface area contributed by atoms with Crippen molar-refractivity contribution in [2.24, 2.45) is 23.7 Å². The van der Waals surface area contributed by atoms with Crippen LogP contribution in [-0.4, -0.2) is 44.7 Å². The van der Waals surface area contributed by atoms with Crippen LogP contribution in [0.5, 0.6) is 0 Å². The van der Waals surface area contributed by atoms with E-state index in [2.05, 4.69) is 32.1 Å². The van der Waals surface area contributed by atoms with Crippen molar-refractivity contribution < 1.29 is 25.2 Å². The minimum atomic E-state index is -1.06. The summed E-state index contributed by atoms with van der Waals surface area (Å²) in [5, 5.41) is 38.9. The van der Waals surface area contributed by atoms with Gasteiger partial charge in [0, 0.05) is 5.92 Å². The van der Waals surface area contributed by atoms with Gasteiger partial charge in [0.1, 0.15) is 0 Å². The molecule has 4 N–H and O–H groups in total. The molecule has 0 saturated heterocycles. The maximum Gasteiger partial charge on any atom is 0.305 e. The van der Waals surface area contributed by atoms with Gasteiger partial charge in [-0.2, -0.15) is 0 Å². The lowest BCUT2D eigenvalue weighted by Crippen LogP contribution is -2.38. The van der Waals surface area contributed by atoms with Crippen LogP contribution in [0, 0.1) is 23.7 Å². The van der Waals surface area contributed by atoms with Crippen molar-refractivity contribution >= 4 is 5.97 Å². The van der Waals surface area contributed by atoms with Gasteiger partial charge in [-0.1, -0.05) is 32.1 Å². The molecule has 5 nitrogen and oxygen atoms in total. The molecule has 136 valence electrons. The Balaban J connectivity index is 1.94. The van der Waals surface area contributed by atoms with Gasteiger partial charge >= 0.3 is 5.97 Å². The fourth-order valence-corrected chi connectivity index (χ4v) is 4.23. The second kappa shape index (κ2) is 8.28. The number of aliphatic hydroxyl groups excluding tert-OH is 3. The van der Waals surface area contributed by atoms with E-state index in [1.165, 1.54) is 5.57 Å². The fraction of sp³-hybridized carbons (Fsp3) is 0.737. The number of fused-ring (bicyclic) bond motifs is 1. The summed E-state index contributed by atoms with van der Waals surface area (Å²) < 4.78 is 0. The molecule has 24 heavy (non-hydrogen) atoms. The Bertz CT molecular complexity index is 498. The smallest absolute Gasteiger partial charge is 0.305 e. The van der Waals surface area contributed by atoms with Gasteiger partial charge in [0.05, 0.1) is 24.7 Å². The van der Waals surface area contributed by atoms with Gasteiger partial charge in [-0.3, -0.25) is 4.79 Å². The Hall–Kier alpha value is -1.17. The molecule has 0 heterocycles. The summed E-state index contributed by atoms with van der Waals surface area (Å²) in [5.74, 6) is 0.00962. The van der Waals surface area contributed by atoms with Crippen molar-refractivity contribution in [3.8, 4) is 0 Å². The van der Waals surface area contributed by atoms with Crippen LogP contribution in [0.2, 0.25) is 0 Å². The zero-order chi connectivity index (χ0) is 17.9. The first-order valence-electron chi connectivity index (χ1n) is 8.93. The molecule has 0 aromatic heterocycles. The van der Waals surface area contributed by atoms with E-state index in [-0.39, 0.29) is 30.8 Å².